The summed E-state index contributed by atoms with van der Waals surface area (Å²) in [5, 5.41) is 1.06. The minimum atomic E-state index is -0.295. The molecule has 3 aromatic rings. The van der Waals surface area contributed by atoms with Gasteiger partial charge in [0.05, 0.1) is 5.52 Å². The molecular weight excluding hydrogens is 267 g/mol. The van der Waals surface area contributed by atoms with Gasteiger partial charge in [0.25, 0.3) is 0 Å². The normalized spacial score (nSPS) is 10.8. The molecular formula is C17H15FN2O. The number of hydrogen-bond donors (Lipinski definition) is 1. The zero-order valence-electron chi connectivity index (χ0n) is 11.4. The lowest BCUT2D eigenvalue weighted by Crippen LogP contribution is -2.01. The maximum absolute atomic E-state index is 13.4. The summed E-state index contributed by atoms with van der Waals surface area (Å²) in [6.07, 6.45) is 1.74. The Labute approximate surface area is 122 Å². The fourth-order valence-corrected chi connectivity index (χ4v) is 2.22. The van der Waals surface area contributed by atoms with E-state index in [9.17, 15) is 4.39 Å². The lowest BCUT2D eigenvalue weighted by Gasteiger charge is -2.08. The van der Waals surface area contributed by atoms with Crippen molar-refractivity contribution in [2.45, 2.75) is 13.2 Å². The molecule has 0 aliphatic heterocycles. The number of benzene rings is 2. The molecule has 2 aromatic carbocycles. The van der Waals surface area contributed by atoms with Crippen LogP contribution in [0.2, 0.25) is 0 Å². The Balaban J connectivity index is 1.78. The predicted molar refractivity (Wildman–Crippen MR) is 80.4 cm³/mol. The van der Waals surface area contributed by atoms with Gasteiger partial charge in [-0.2, -0.15) is 0 Å². The van der Waals surface area contributed by atoms with Gasteiger partial charge in [-0.3, -0.25) is 4.98 Å². The van der Waals surface area contributed by atoms with E-state index in [-0.39, 0.29) is 5.82 Å². The van der Waals surface area contributed by atoms with E-state index in [2.05, 4.69) is 4.98 Å². The van der Waals surface area contributed by atoms with E-state index < -0.39 is 0 Å². The molecule has 4 heteroatoms. The van der Waals surface area contributed by atoms with Crippen LogP contribution in [0, 0.1) is 5.82 Å². The van der Waals surface area contributed by atoms with Crippen LogP contribution in [-0.4, -0.2) is 4.98 Å². The van der Waals surface area contributed by atoms with Crippen LogP contribution >= 0.6 is 0 Å². The summed E-state index contributed by atoms with van der Waals surface area (Å²) in [6, 6.07) is 14.3. The minimum absolute atomic E-state index is 0.295. The number of nitrogens with two attached hydrogens (primary N) is 1. The van der Waals surface area contributed by atoms with Gasteiger partial charge in [0, 0.05) is 24.2 Å². The molecule has 21 heavy (non-hydrogen) atoms. The highest BCUT2D eigenvalue weighted by molar-refractivity contribution is 5.79. The van der Waals surface area contributed by atoms with E-state index >= 15 is 0 Å². The van der Waals surface area contributed by atoms with Crippen molar-refractivity contribution in [2.24, 2.45) is 5.73 Å². The summed E-state index contributed by atoms with van der Waals surface area (Å²) < 4.78 is 19.1. The first-order valence-electron chi connectivity index (χ1n) is 6.70. The van der Waals surface area contributed by atoms with E-state index in [1.807, 2.05) is 36.4 Å². The predicted octanol–water partition coefficient (Wildman–Crippen LogP) is 3.41. The molecule has 0 amide bonds. The zero-order chi connectivity index (χ0) is 14.7. The fourth-order valence-electron chi connectivity index (χ4n) is 2.22. The van der Waals surface area contributed by atoms with Gasteiger partial charge < -0.3 is 10.5 Å². The highest BCUT2D eigenvalue weighted by Gasteiger charge is 2.02. The van der Waals surface area contributed by atoms with E-state index in [0.717, 1.165) is 22.0 Å². The summed E-state index contributed by atoms with van der Waals surface area (Å²) in [6.45, 7) is 0.605. The molecule has 0 radical (unpaired) electrons. The third-order valence-electron chi connectivity index (χ3n) is 3.24. The van der Waals surface area contributed by atoms with Crippen LogP contribution in [0.5, 0.6) is 5.75 Å². The molecule has 0 saturated carbocycles. The first-order valence-corrected chi connectivity index (χ1v) is 6.70. The molecule has 2 N–H and O–H groups in total. The van der Waals surface area contributed by atoms with Crippen LogP contribution in [0.3, 0.4) is 0 Å². The molecule has 0 fully saturated rings. The largest absolute Gasteiger partial charge is 0.489 e. The van der Waals surface area contributed by atoms with Gasteiger partial charge in [0.2, 0.25) is 0 Å². The summed E-state index contributed by atoms with van der Waals surface area (Å²) in [5.74, 6) is 0.413. The average molecular weight is 282 g/mol. The third-order valence-corrected chi connectivity index (χ3v) is 3.24. The average Bonchev–Trinajstić information content (AvgIpc) is 2.52. The molecule has 106 valence electrons. The van der Waals surface area contributed by atoms with Gasteiger partial charge in [0.15, 0.2) is 0 Å². The smallest absolute Gasteiger partial charge is 0.123 e. The van der Waals surface area contributed by atoms with Gasteiger partial charge >= 0.3 is 0 Å². The minimum Gasteiger partial charge on any atom is -0.489 e. The van der Waals surface area contributed by atoms with Crippen LogP contribution in [0.1, 0.15) is 11.1 Å². The van der Waals surface area contributed by atoms with Crippen molar-refractivity contribution >= 4 is 10.9 Å². The van der Waals surface area contributed by atoms with Crippen LogP contribution in [0.15, 0.2) is 54.7 Å². The van der Waals surface area contributed by atoms with Crippen LogP contribution in [0.25, 0.3) is 10.9 Å². The Hall–Kier alpha value is -2.46. The van der Waals surface area contributed by atoms with Crippen LogP contribution in [-0.2, 0) is 13.2 Å². The quantitative estimate of drug-likeness (QED) is 0.797. The molecule has 0 unspecified atom stereocenters. The first-order chi connectivity index (χ1) is 10.2. The zero-order valence-corrected chi connectivity index (χ0v) is 11.4. The van der Waals surface area contributed by atoms with Crippen molar-refractivity contribution < 1.29 is 9.13 Å². The second-order valence-corrected chi connectivity index (χ2v) is 4.82. The van der Waals surface area contributed by atoms with Crippen molar-refractivity contribution in [3.05, 3.63) is 71.7 Å². The number of aromatic nitrogens is 1. The summed E-state index contributed by atoms with van der Waals surface area (Å²) in [5.41, 5.74) is 7.93. The monoisotopic (exact) mass is 282 g/mol. The third kappa shape index (κ3) is 3.17. The second-order valence-electron chi connectivity index (χ2n) is 4.82. The Morgan fingerprint density at radius 1 is 1.05 bits per heavy atom. The first kappa shape index (κ1) is 13.5. The van der Waals surface area contributed by atoms with Gasteiger partial charge in [-0.1, -0.05) is 12.1 Å². The van der Waals surface area contributed by atoms with E-state index in [4.69, 9.17) is 10.5 Å². The molecule has 0 aliphatic carbocycles. The fraction of sp³-hybridized carbons (Fsp3) is 0.118. The highest BCUT2D eigenvalue weighted by Crippen LogP contribution is 2.20. The molecule has 0 atom stereocenters. The molecule has 0 aliphatic rings. The van der Waals surface area contributed by atoms with E-state index in [1.54, 1.807) is 6.20 Å². The standard InChI is InChI=1S/C17H15FN2O/c18-15-7-12(10-19)6-13(8-15)11-21-16-4-3-14-2-1-5-20-17(14)9-16/h1-9H,10-11,19H2. The molecule has 0 saturated heterocycles. The maximum atomic E-state index is 13.4. The number of fused-ring (bicyclic) bond motifs is 1. The highest BCUT2D eigenvalue weighted by atomic mass is 19.1. The number of rotatable bonds is 4. The molecule has 1 heterocycles. The number of nitrogens with zero attached hydrogens (tertiary/aromatic N) is 1. The van der Waals surface area contributed by atoms with Crippen LogP contribution in [0.4, 0.5) is 4.39 Å². The summed E-state index contributed by atoms with van der Waals surface area (Å²) in [4.78, 5) is 4.28. The topological polar surface area (TPSA) is 48.1 Å². The van der Waals surface area contributed by atoms with Crippen LogP contribution < -0.4 is 10.5 Å². The second kappa shape index (κ2) is 5.89. The Kier molecular flexibility index (Phi) is 3.79. The molecule has 3 rings (SSSR count). The molecule has 0 bridgehead atoms. The lowest BCUT2D eigenvalue weighted by atomic mass is 10.1. The van der Waals surface area contributed by atoms with E-state index in [1.165, 1.54) is 12.1 Å². The van der Waals surface area contributed by atoms with Gasteiger partial charge in [-0.05, 0) is 41.5 Å². The van der Waals surface area contributed by atoms with Crippen molar-refractivity contribution in [3.8, 4) is 5.75 Å². The van der Waals surface area contributed by atoms with Gasteiger partial charge in [-0.25, -0.2) is 4.39 Å². The van der Waals surface area contributed by atoms with Gasteiger partial charge in [0.1, 0.15) is 18.2 Å². The van der Waals surface area contributed by atoms with Crippen molar-refractivity contribution in [1.29, 1.82) is 0 Å². The summed E-state index contributed by atoms with van der Waals surface area (Å²) >= 11 is 0. The Bertz CT molecular complexity index is 774. The maximum Gasteiger partial charge on any atom is 0.123 e. The summed E-state index contributed by atoms with van der Waals surface area (Å²) in [7, 11) is 0. The number of halogens is 1. The molecule has 3 nitrogen and oxygen atoms in total. The Morgan fingerprint density at radius 2 is 1.90 bits per heavy atom. The van der Waals surface area contributed by atoms with Crippen molar-refractivity contribution in [2.75, 3.05) is 0 Å². The SMILES string of the molecule is NCc1cc(F)cc(COc2ccc3cccnc3c2)c1. The van der Waals surface area contributed by atoms with Crippen molar-refractivity contribution in [3.63, 3.8) is 0 Å². The van der Waals surface area contributed by atoms with Gasteiger partial charge in [-0.15, -0.1) is 0 Å². The Morgan fingerprint density at radius 3 is 2.76 bits per heavy atom. The lowest BCUT2D eigenvalue weighted by molar-refractivity contribution is 0.306. The number of ether oxygens (including phenoxy) is 1. The van der Waals surface area contributed by atoms with E-state index in [0.29, 0.717) is 18.9 Å². The molecule has 1 aromatic heterocycles. The number of hydrogen-bond acceptors (Lipinski definition) is 3. The molecule has 0 spiro atoms. The number of pyridine rings is 1. The van der Waals surface area contributed by atoms with Crippen molar-refractivity contribution in [1.82, 2.24) is 4.98 Å².